The fourth-order valence-electron chi connectivity index (χ4n) is 3.77. The first-order chi connectivity index (χ1) is 13.5. The molecule has 3 N–H and O–H groups in total. The summed E-state index contributed by atoms with van der Waals surface area (Å²) in [5.41, 5.74) is 11.9. The van der Waals surface area contributed by atoms with Crippen molar-refractivity contribution in [2.45, 2.75) is 39.5 Å². The van der Waals surface area contributed by atoms with Gasteiger partial charge in [-0.3, -0.25) is 9.59 Å². The molecule has 144 valence electrons. The van der Waals surface area contributed by atoms with E-state index in [9.17, 15) is 9.59 Å². The first-order valence-corrected chi connectivity index (χ1v) is 11.1. The molecule has 2 amide bonds. The van der Waals surface area contributed by atoms with Crippen LogP contribution in [0.15, 0.2) is 29.0 Å². The lowest BCUT2D eigenvalue weighted by Crippen LogP contribution is -2.18. The van der Waals surface area contributed by atoms with E-state index in [1.165, 1.54) is 28.2 Å². The van der Waals surface area contributed by atoms with Crippen LogP contribution < -0.4 is 11.1 Å². The van der Waals surface area contributed by atoms with Crippen molar-refractivity contribution in [3.8, 4) is 11.1 Å². The largest absolute Gasteiger partial charge is 0.365 e. The smallest absolute Gasteiger partial charge is 0.257 e. The van der Waals surface area contributed by atoms with Gasteiger partial charge in [-0.2, -0.15) is 0 Å². The summed E-state index contributed by atoms with van der Waals surface area (Å²) in [4.78, 5) is 26.5. The number of primary amides is 1. The number of hydrogen-bond acceptors (Lipinski definition) is 4. The van der Waals surface area contributed by atoms with Crippen molar-refractivity contribution < 1.29 is 9.59 Å². The Morgan fingerprint density at radius 3 is 2.61 bits per heavy atom. The van der Waals surface area contributed by atoms with Crippen LogP contribution in [0.5, 0.6) is 0 Å². The maximum atomic E-state index is 12.9. The van der Waals surface area contributed by atoms with E-state index in [1.807, 2.05) is 42.8 Å². The third-order valence-corrected chi connectivity index (χ3v) is 7.24. The van der Waals surface area contributed by atoms with Crippen molar-refractivity contribution in [1.29, 1.82) is 0 Å². The molecule has 1 aliphatic rings. The zero-order chi connectivity index (χ0) is 19.8. The predicted octanol–water partition coefficient (Wildman–Crippen LogP) is 5.32. The van der Waals surface area contributed by atoms with Crippen molar-refractivity contribution in [1.82, 2.24) is 0 Å². The lowest BCUT2D eigenvalue weighted by Gasteiger charge is -2.13. The average Bonchev–Trinajstić information content (AvgIpc) is 3.28. The van der Waals surface area contributed by atoms with Gasteiger partial charge >= 0.3 is 0 Å². The van der Waals surface area contributed by atoms with Gasteiger partial charge in [0.1, 0.15) is 5.00 Å². The minimum atomic E-state index is -0.528. The lowest BCUT2D eigenvalue weighted by atomic mass is 9.95. The molecule has 28 heavy (non-hydrogen) atoms. The van der Waals surface area contributed by atoms with Crippen LogP contribution in [-0.4, -0.2) is 11.8 Å². The summed E-state index contributed by atoms with van der Waals surface area (Å²) < 4.78 is 0. The van der Waals surface area contributed by atoms with Crippen LogP contribution in [0.4, 0.5) is 5.00 Å². The third-order valence-electron chi connectivity index (χ3n) is 5.25. The standard InChI is InChI=1S/C22H22N2O2S2/c1-12-7-8-13(2)15(9-12)16-10-28-22(19(16)20(23)25)24-21(26)17-11-27-18-6-4-3-5-14(17)18/h7-11H,3-6H2,1-2H3,(H2,23,25)(H,24,26). The molecule has 0 unspecified atom stereocenters. The zero-order valence-corrected chi connectivity index (χ0v) is 17.6. The topological polar surface area (TPSA) is 72.2 Å². The molecule has 2 heterocycles. The molecule has 0 fully saturated rings. The maximum absolute atomic E-state index is 12.9. The second-order valence-corrected chi connectivity index (χ2v) is 9.09. The van der Waals surface area contributed by atoms with Gasteiger partial charge < -0.3 is 11.1 Å². The van der Waals surface area contributed by atoms with Gasteiger partial charge in [0.05, 0.1) is 11.1 Å². The van der Waals surface area contributed by atoms with Crippen LogP contribution in [0.2, 0.25) is 0 Å². The summed E-state index contributed by atoms with van der Waals surface area (Å²) in [7, 11) is 0. The van der Waals surface area contributed by atoms with Crippen LogP contribution in [0.1, 0.15) is 55.1 Å². The lowest BCUT2D eigenvalue weighted by molar-refractivity contribution is 0.100. The summed E-state index contributed by atoms with van der Waals surface area (Å²) in [5, 5.41) is 7.31. The molecule has 0 saturated heterocycles. The number of nitrogens with two attached hydrogens (primary N) is 1. The van der Waals surface area contributed by atoms with Gasteiger partial charge in [-0.1, -0.05) is 23.8 Å². The van der Waals surface area contributed by atoms with E-state index >= 15 is 0 Å². The molecule has 4 nitrogen and oxygen atoms in total. The Balaban J connectivity index is 1.70. The highest BCUT2D eigenvalue weighted by Crippen LogP contribution is 2.38. The Morgan fingerprint density at radius 1 is 1.04 bits per heavy atom. The van der Waals surface area contributed by atoms with E-state index < -0.39 is 5.91 Å². The molecule has 1 aromatic carbocycles. The van der Waals surface area contributed by atoms with Crippen molar-refractivity contribution in [2.75, 3.05) is 5.32 Å². The van der Waals surface area contributed by atoms with Gasteiger partial charge in [0.2, 0.25) is 0 Å². The second kappa shape index (κ2) is 7.53. The monoisotopic (exact) mass is 410 g/mol. The van der Waals surface area contributed by atoms with Gasteiger partial charge in [-0.25, -0.2) is 0 Å². The van der Waals surface area contributed by atoms with Gasteiger partial charge in [-0.15, -0.1) is 22.7 Å². The number of carbonyl (C=O) groups excluding carboxylic acids is 2. The fourth-order valence-corrected chi connectivity index (χ4v) is 5.86. The Labute approximate surface area is 172 Å². The number of rotatable bonds is 4. The van der Waals surface area contributed by atoms with E-state index in [1.54, 1.807) is 11.3 Å². The summed E-state index contributed by atoms with van der Waals surface area (Å²) >= 11 is 3.01. The second-order valence-electron chi connectivity index (χ2n) is 7.25. The van der Waals surface area contributed by atoms with Gasteiger partial charge in [-0.05, 0) is 56.2 Å². The van der Waals surface area contributed by atoms with E-state index in [2.05, 4.69) is 5.32 Å². The molecule has 0 atom stereocenters. The Morgan fingerprint density at radius 2 is 1.82 bits per heavy atom. The summed E-state index contributed by atoms with van der Waals surface area (Å²) in [5.74, 6) is -0.684. The minimum absolute atomic E-state index is 0.156. The number of aryl methyl sites for hydroxylation is 3. The molecule has 2 aromatic heterocycles. The summed E-state index contributed by atoms with van der Waals surface area (Å²) in [6.07, 6.45) is 4.30. The number of hydrogen-bond donors (Lipinski definition) is 2. The zero-order valence-electron chi connectivity index (χ0n) is 15.9. The van der Waals surface area contributed by atoms with Crippen LogP contribution in [-0.2, 0) is 12.8 Å². The Hall–Kier alpha value is -2.44. The number of carbonyl (C=O) groups is 2. The number of benzene rings is 1. The molecule has 1 aliphatic carbocycles. The number of anilines is 1. The van der Waals surface area contributed by atoms with Crippen molar-refractivity contribution in [3.05, 3.63) is 61.7 Å². The number of amides is 2. The van der Waals surface area contributed by atoms with Crippen LogP contribution in [0.25, 0.3) is 11.1 Å². The van der Waals surface area contributed by atoms with Crippen LogP contribution in [0.3, 0.4) is 0 Å². The Kier molecular flexibility index (Phi) is 5.08. The Bertz CT molecular complexity index is 1080. The van der Waals surface area contributed by atoms with Gasteiger partial charge in [0.15, 0.2) is 0 Å². The first-order valence-electron chi connectivity index (χ1n) is 9.35. The minimum Gasteiger partial charge on any atom is -0.365 e. The SMILES string of the molecule is Cc1ccc(C)c(-c2csc(NC(=O)c3csc4c3CCCC4)c2C(N)=O)c1. The van der Waals surface area contributed by atoms with Crippen molar-refractivity contribution >= 4 is 39.5 Å². The molecular weight excluding hydrogens is 388 g/mol. The molecule has 0 saturated carbocycles. The molecule has 0 radical (unpaired) electrons. The first kappa shape index (κ1) is 18.9. The molecule has 4 rings (SSSR count). The molecular formula is C22H22N2O2S2. The summed E-state index contributed by atoms with van der Waals surface area (Å²) in [6, 6.07) is 6.12. The van der Waals surface area contributed by atoms with E-state index in [-0.39, 0.29) is 5.91 Å². The molecule has 3 aromatic rings. The normalized spacial score (nSPS) is 13.2. The van der Waals surface area contributed by atoms with E-state index in [4.69, 9.17) is 5.73 Å². The highest BCUT2D eigenvalue weighted by atomic mass is 32.1. The molecule has 0 bridgehead atoms. The van der Waals surface area contributed by atoms with E-state index in [0.29, 0.717) is 10.6 Å². The predicted molar refractivity (Wildman–Crippen MR) is 117 cm³/mol. The molecule has 0 aliphatic heterocycles. The highest BCUT2D eigenvalue weighted by Gasteiger charge is 2.24. The van der Waals surface area contributed by atoms with E-state index in [0.717, 1.165) is 47.1 Å². The fraction of sp³-hybridized carbons (Fsp3) is 0.273. The van der Waals surface area contributed by atoms with Crippen LogP contribution in [0, 0.1) is 13.8 Å². The van der Waals surface area contributed by atoms with Gasteiger partial charge in [0, 0.05) is 21.2 Å². The molecule has 6 heteroatoms. The highest BCUT2D eigenvalue weighted by molar-refractivity contribution is 7.15. The summed E-state index contributed by atoms with van der Waals surface area (Å²) in [6.45, 7) is 4.02. The van der Waals surface area contributed by atoms with Gasteiger partial charge in [0.25, 0.3) is 11.8 Å². The van der Waals surface area contributed by atoms with Crippen LogP contribution >= 0.6 is 22.7 Å². The quantitative estimate of drug-likeness (QED) is 0.611. The van der Waals surface area contributed by atoms with Crippen molar-refractivity contribution in [2.24, 2.45) is 5.73 Å². The molecule has 0 spiro atoms. The maximum Gasteiger partial charge on any atom is 0.257 e. The average molecular weight is 411 g/mol. The third kappa shape index (κ3) is 3.38. The number of thiophene rings is 2. The number of nitrogens with one attached hydrogen (secondary N) is 1. The number of fused-ring (bicyclic) bond motifs is 1. The van der Waals surface area contributed by atoms with Crippen molar-refractivity contribution in [3.63, 3.8) is 0 Å².